The molecule has 5 rings (SSSR count). The van der Waals surface area contributed by atoms with Gasteiger partial charge >= 0.3 is 6.61 Å². The maximum Gasteiger partial charge on any atom is 0.387 e. The number of nitrogens with one attached hydrogen (secondary N) is 1. The zero-order valence-electron chi connectivity index (χ0n) is 23.9. The van der Waals surface area contributed by atoms with E-state index >= 15 is 0 Å². The Morgan fingerprint density at radius 2 is 1.93 bits per heavy atom. The van der Waals surface area contributed by atoms with Gasteiger partial charge in [-0.05, 0) is 49.6 Å². The number of aryl methyl sites for hydroxylation is 1. The second-order valence-electron chi connectivity index (χ2n) is 11.0. The lowest BCUT2D eigenvalue weighted by Crippen LogP contribution is -2.56. The SMILES string of the molecule is Cc1ccccc1[C@@H](C(=O)NC1CC(C)(F)C1)N(C(=O)[C@@H]1CCC(=O)N1c1nccc(C#N)n1)c1cccc(OC(F)F)c1. The standard InChI is InChI=1S/C31H29F3N6O4/c1-18-6-3-4-9-23(18)26(27(42)37-20-15-31(2,34)16-20)39(21-7-5-8-22(14-21)44-29(32)33)28(43)24-10-11-25(41)40(24)30-36-13-12-19(17-35)38-30/h3-9,12-14,20,24,26,29H,10-11,15-16H2,1-2H3,(H,37,42)/t20?,24-,26-,31?/m0/s1. The Labute approximate surface area is 251 Å². The molecular weight excluding hydrogens is 577 g/mol. The van der Waals surface area contributed by atoms with Gasteiger partial charge in [-0.15, -0.1) is 0 Å². The van der Waals surface area contributed by atoms with E-state index in [0.29, 0.717) is 11.1 Å². The molecule has 10 nitrogen and oxygen atoms in total. The molecule has 3 aromatic rings. The zero-order chi connectivity index (χ0) is 31.6. The maximum absolute atomic E-state index is 14.6. The maximum atomic E-state index is 14.6. The topological polar surface area (TPSA) is 129 Å². The molecule has 2 atom stereocenters. The summed E-state index contributed by atoms with van der Waals surface area (Å²) in [6, 6.07) is 12.4. The van der Waals surface area contributed by atoms with Crippen molar-refractivity contribution in [3.8, 4) is 11.8 Å². The van der Waals surface area contributed by atoms with Crippen molar-refractivity contribution < 1.29 is 32.3 Å². The van der Waals surface area contributed by atoms with Crippen LogP contribution in [0.15, 0.2) is 60.8 Å². The summed E-state index contributed by atoms with van der Waals surface area (Å²) in [5.74, 6) is -2.22. The van der Waals surface area contributed by atoms with E-state index in [1.165, 1.54) is 43.5 Å². The van der Waals surface area contributed by atoms with Crippen molar-refractivity contribution in [1.29, 1.82) is 5.26 Å². The predicted molar refractivity (Wildman–Crippen MR) is 152 cm³/mol. The Kier molecular flexibility index (Phi) is 8.53. The summed E-state index contributed by atoms with van der Waals surface area (Å²) < 4.78 is 45.3. The van der Waals surface area contributed by atoms with Gasteiger partial charge in [-0.3, -0.25) is 24.2 Å². The largest absolute Gasteiger partial charge is 0.435 e. The van der Waals surface area contributed by atoms with E-state index in [4.69, 9.17) is 0 Å². The average molecular weight is 607 g/mol. The van der Waals surface area contributed by atoms with E-state index in [9.17, 15) is 32.8 Å². The van der Waals surface area contributed by atoms with E-state index < -0.39 is 48.1 Å². The minimum atomic E-state index is -3.15. The molecule has 0 bridgehead atoms. The molecule has 2 aliphatic rings. The quantitative estimate of drug-likeness (QED) is 0.379. The number of amides is 3. The molecule has 1 aliphatic heterocycles. The molecule has 228 valence electrons. The lowest BCUT2D eigenvalue weighted by molar-refractivity contribution is -0.129. The molecule has 44 heavy (non-hydrogen) atoms. The van der Waals surface area contributed by atoms with Crippen LogP contribution >= 0.6 is 0 Å². The van der Waals surface area contributed by atoms with Gasteiger partial charge in [0.1, 0.15) is 35.3 Å². The monoisotopic (exact) mass is 606 g/mol. The Balaban J connectivity index is 1.63. The fourth-order valence-electron chi connectivity index (χ4n) is 5.71. The van der Waals surface area contributed by atoms with Crippen LogP contribution in [0.1, 0.15) is 55.5 Å². The van der Waals surface area contributed by atoms with Crippen LogP contribution in [0.4, 0.5) is 24.8 Å². The number of nitriles is 1. The lowest BCUT2D eigenvalue weighted by Gasteiger charge is -2.41. The number of hydrogen-bond acceptors (Lipinski definition) is 7. The highest BCUT2D eigenvalue weighted by Crippen LogP contribution is 2.38. The highest BCUT2D eigenvalue weighted by molar-refractivity contribution is 6.10. The van der Waals surface area contributed by atoms with Crippen LogP contribution in [0.25, 0.3) is 0 Å². The van der Waals surface area contributed by atoms with Gasteiger partial charge in [-0.2, -0.15) is 14.0 Å². The number of hydrogen-bond donors (Lipinski definition) is 1. The summed E-state index contributed by atoms with van der Waals surface area (Å²) in [5, 5.41) is 12.2. The van der Waals surface area contributed by atoms with Gasteiger partial charge in [0.05, 0.1) is 0 Å². The number of halogens is 3. The number of nitrogens with zero attached hydrogens (tertiary/aromatic N) is 5. The number of aromatic nitrogens is 2. The minimum Gasteiger partial charge on any atom is -0.435 e. The number of carbonyl (C=O) groups is 3. The molecule has 1 saturated carbocycles. The number of rotatable bonds is 9. The summed E-state index contributed by atoms with van der Waals surface area (Å²) in [7, 11) is 0. The Hall–Kier alpha value is -4.99. The highest BCUT2D eigenvalue weighted by atomic mass is 19.3. The molecule has 1 saturated heterocycles. The minimum absolute atomic E-state index is 0.0212. The second kappa shape index (κ2) is 12.3. The van der Waals surface area contributed by atoms with Crippen molar-refractivity contribution in [3.05, 3.63) is 77.6 Å². The van der Waals surface area contributed by atoms with Crippen molar-refractivity contribution >= 4 is 29.4 Å². The molecule has 0 spiro atoms. The van der Waals surface area contributed by atoms with Crippen molar-refractivity contribution in [3.63, 3.8) is 0 Å². The first-order valence-corrected chi connectivity index (χ1v) is 14.0. The van der Waals surface area contributed by atoms with E-state index in [1.54, 1.807) is 31.2 Å². The zero-order valence-corrected chi connectivity index (χ0v) is 23.9. The molecule has 2 aromatic carbocycles. The normalized spacial score (nSPS) is 21.8. The van der Waals surface area contributed by atoms with Gasteiger partial charge in [0.15, 0.2) is 0 Å². The van der Waals surface area contributed by atoms with Gasteiger partial charge in [0, 0.05) is 43.3 Å². The van der Waals surface area contributed by atoms with Crippen LogP contribution in [0.5, 0.6) is 5.75 Å². The van der Waals surface area contributed by atoms with Crippen molar-refractivity contribution in [2.75, 3.05) is 9.80 Å². The van der Waals surface area contributed by atoms with Gasteiger partial charge in [0.2, 0.25) is 17.8 Å². The van der Waals surface area contributed by atoms with E-state index in [2.05, 4.69) is 20.0 Å². The number of ether oxygens (including phenoxy) is 1. The van der Waals surface area contributed by atoms with Gasteiger partial charge in [-0.1, -0.05) is 30.3 Å². The lowest BCUT2D eigenvalue weighted by atomic mass is 9.78. The fourth-order valence-corrected chi connectivity index (χ4v) is 5.71. The van der Waals surface area contributed by atoms with Crippen molar-refractivity contribution in [1.82, 2.24) is 15.3 Å². The molecule has 0 unspecified atom stereocenters. The first-order valence-electron chi connectivity index (χ1n) is 14.0. The highest BCUT2D eigenvalue weighted by Gasteiger charge is 2.47. The first-order chi connectivity index (χ1) is 21.0. The summed E-state index contributed by atoms with van der Waals surface area (Å²) in [4.78, 5) is 52.3. The van der Waals surface area contributed by atoms with E-state index in [-0.39, 0.29) is 48.8 Å². The Bertz CT molecular complexity index is 1620. The summed E-state index contributed by atoms with van der Waals surface area (Å²) >= 11 is 0. The van der Waals surface area contributed by atoms with Crippen LogP contribution in [0, 0.1) is 18.3 Å². The van der Waals surface area contributed by atoms with Crippen molar-refractivity contribution in [2.45, 2.75) is 69.9 Å². The molecule has 1 aliphatic carbocycles. The average Bonchev–Trinajstić information content (AvgIpc) is 3.36. The van der Waals surface area contributed by atoms with Crippen LogP contribution in [0.3, 0.4) is 0 Å². The summed E-state index contributed by atoms with van der Waals surface area (Å²) in [6.45, 7) is 0.0443. The smallest absolute Gasteiger partial charge is 0.387 e. The van der Waals surface area contributed by atoms with Crippen LogP contribution in [0.2, 0.25) is 0 Å². The van der Waals surface area contributed by atoms with E-state index in [1.807, 2.05) is 6.07 Å². The van der Waals surface area contributed by atoms with Crippen LogP contribution < -0.4 is 19.9 Å². The fraction of sp³-hybridized carbons (Fsp3) is 0.355. The molecule has 3 amide bonds. The molecule has 1 aromatic heterocycles. The number of anilines is 2. The third-order valence-electron chi connectivity index (χ3n) is 7.71. The molecule has 1 N–H and O–H groups in total. The molecular formula is C31H29F3N6O4. The number of alkyl halides is 3. The predicted octanol–water partition coefficient (Wildman–Crippen LogP) is 4.53. The molecule has 2 heterocycles. The Morgan fingerprint density at radius 1 is 1.18 bits per heavy atom. The van der Waals surface area contributed by atoms with Gasteiger partial charge < -0.3 is 10.1 Å². The summed E-state index contributed by atoms with van der Waals surface area (Å²) in [6.07, 6.45) is 1.45. The third-order valence-corrected chi connectivity index (χ3v) is 7.71. The summed E-state index contributed by atoms with van der Waals surface area (Å²) in [5.41, 5.74) is -0.327. The first kappa shape index (κ1) is 30.5. The molecule has 13 heteroatoms. The third kappa shape index (κ3) is 6.34. The Morgan fingerprint density at radius 3 is 2.61 bits per heavy atom. The van der Waals surface area contributed by atoms with E-state index in [0.717, 1.165) is 9.80 Å². The van der Waals surface area contributed by atoms with Gasteiger partial charge in [0.25, 0.3) is 5.91 Å². The van der Waals surface area contributed by atoms with Gasteiger partial charge in [-0.25, -0.2) is 14.4 Å². The van der Waals surface area contributed by atoms with Crippen molar-refractivity contribution in [2.24, 2.45) is 0 Å². The number of benzene rings is 2. The van der Waals surface area contributed by atoms with Crippen LogP contribution in [-0.2, 0) is 14.4 Å². The number of carbonyl (C=O) groups excluding carboxylic acids is 3. The second-order valence-corrected chi connectivity index (χ2v) is 11.0. The van der Waals surface area contributed by atoms with Crippen LogP contribution in [-0.4, -0.2) is 52.1 Å². The molecule has 2 fully saturated rings. The molecule has 0 radical (unpaired) electrons.